The molecular formula is C14H20ClNO3S. The second-order valence-corrected chi connectivity index (χ2v) is 6.82. The molecule has 20 heavy (non-hydrogen) atoms. The number of aliphatic hydroxyl groups is 1. The Balaban J connectivity index is 2.37. The molecule has 1 atom stereocenters. The van der Waals surface area contributed by atoms with Crippen LogP contribution in [0.3, 0.4) is 0 Å². The van der Waals surface area contributed by atoms with Crippen LogP contribution in [-0.4, -0.2) is 29.4 Å². The topological polar surface area (TPSA) is 66.4 Å². The van der Waals surface area contributed by atoms with Crippen molar-refractivity contribution in [2.24, 2.45) is 5.92 Å². The first-order chi connectivity index (χ1) is 9.42. The summed E-state index contributed by atoms with van der Waals surface area (Å²) in [6.45, 7) is 3.97. The van der Waals surface area contributed by atoms with Gasteiger partial charge in [0.25, 0.3) is 0 Å². The van der Waals surface area contributed by atoms with Crippen LogP contribution in [0.15, 0.2) is 12.1 Å². The van der Waals surface area contributed by atoms with Crippen LogP contribution in [0.25, 0.3) is 0 Å². The molecule has 1 rings (SSSR count). The second-order valence-electron chi connectivity index (χ2n) is 5.10. The number of hydrogen-bond donors (Lipinski definition) is 2. The van der Waals surface area contributed by atoms with E-state index in [0.717, 1.165) is 6.42 Å². The maximum Gasteiger partial charge on any atom is 0.220 e. The minimum Gasteiger partial charge on any atom is -0.394 e. The zero-order chi connectivity index (χ0) is 15.1. The molecule has 1 unspecified atom stereocenters. The summed E-state index contributed by atoms with van der Waals surface area (Å²) in [7, 11) is 0. The number of carbonyl (C=O) groups is 2. The third kappa shape index (κ3) is 6.03. The maximum absolute atomic E-state index is 11.8. The number of hydrogen-bond acceptors (Lipinski definition) is 4. The van der Waals surface area contributed by atoms with Crippen LogP contribution in [0, 0.1) is 5.92 Å². The highest BCUT2D eigenvalue weighted by Crippen LogP contribution is 2.22. The summed E-state index contributed by atoms with van der Waals surface area (Å²) in [6, 6.07) is 3.10. The highest BCUT2D eigenvalue weighted by molar-refractivity contribution is 7.18. The van der Waals surface area contributed by atoms with Crippen LogP contribution < -0.4 is 5.32 Å². The number of Topliss-reactive ketones (excluding diaryl/α,β-unsaturated/α-hetero) is 1. The standard InChI is InChI=1S/C14H20ClNO3S/c1-9(2)7-10(8-17)16-14(19)6-3-11(18)12-4-5-13(15)20-12/h4-5,9-10,17H,3,6-8H2,1-2H3,(H,16,19). The Bertz CT molecular complexity index is 459. The van der Waals surface area contributed by atoms with E-state index in [1.165, 1.54) is 11.3 Å². The molecule has 0 aliphatic heterocycles. The van der Waals surface area contributed by atoms with E-state index in [9.17, 15) is 14.7 Å². The van der Waals surface area contributed by atoms with Crippen molar-refractivity contribution in [1.82, 2.24) is 5.32 Å². The first-order valence-corrected chi connectivity index (χ1v) is 7.80. The maximum atomic E-state index is 11.8. The van der Waals surface area contributed by atoms with E-state index >= 15 is 0 Å². The van der Waals surface area contributed by atoms with E-state index in [1.807, 2.05) is 13.8 Å². The average molecular weight is 318 g/mol. The summed E-state index contributed by atoms with van der Waals surface area (Å²) < 4.78 is 0.565. The Hall–Kier alpha value is -0.910. The normalized spacial score (nSPS) is 12.4. The predicted octanol–water partition coefficient (Wildman–Crippen LogP) is 2.89. The van der Waals surface area contributed by atoms with E-state index < -0.39 is 0 Å². The number of aliphatic hydroxyl groups excluding tert-OH is 1. The highest BCUT2D eigenvalue weighted by Gasteiger charge is 2.15. The van der Waals surface area contributed by atoms with Gasteiger partial charge in [-0.25, -0.2) is 0 Å². The number of rotatable bonds is 8. The Morgan fingerprint density at radius 3 is 2.55 bits per heavy atom. The fraction of sp³-hybridized carbons (Fsp3) is 0.571. The van der Waals surface area contributed by atoms with Gasteiger partial charge in [-0.3, -0.25) is 9.59 Å². The SMILES string of the molecule is CC(C)CC(CO)NC(=O)CCC(=O)c1ccc(Cl)s1. The molecule has 1 heterocycles. The molecular weight excluding hydrogens is 298 g/mol. The molecule has 0 radical (unpaired) electrons. The minimum absolute atomic E-state index is 0.0820. The number of halogens is 1. The van der Waals surface area contributed by atoms with Crippen molar-refractivity contribution < 1.29 is 14.7 Å². The van der Waals surface area contributed by atoms with Gasteiger partial charge in [0, 0.05) is 12.8 Å². The van der Waals surface area contributed by atoms with Gasteiger partial charge in [-0.2, -0.15) is 0 Å². The molecule has 0 aromatic carbocycles. The van der Waals surface area contributed by atoms with Crippen LogP contribution in [-0.2, 0) is 4.79 Å². The van der Waals surface area contributed by atoms with Crippen molar-refractivity contribution >= 4 is 34.6 Å². The van der Waals surface area contributed by atoms with Gasteiger partial charge in [-0.15, -0.1) is 11.3 Å². The van der Waals surface area contributed by atoms with Crippen molar-refractivity contribution in [1.29, 1.82) is 0 Å². The molecule has 1 aromatic heterocycles. The number of thiophene rings is 1. The minimum atomic E-state index is -0.242. The van der Waals surface area contributed by atoms with E-state index in [-0.39, 0.29) is 37.2 Å². The van der Waals surface area contributed by atoms with Crippen LogP contribution in [0.2, 0.25) is 4.34 Å². The van der Waals surface area contributed by atoms with Gasteiger partial charge < -0.3 is 10.4 Å². The molecule has 6 heteroatoms. The van der Waals surface area contributed by atoms with Crippen LogP contribution in [0.5, 0.6) is 0 Å². The van der Waals surface area contributed by atoms with Crippen molar-refractivity contribution in [3.63, 3.8) is 0 Å². The van der Waals surface area contributed by atoms with Gasteiger partial charge in [-0.1, -0.05) is 25.4 Å². The molecule has 0 fully saturated rings. The van der Waals surface area contributed by atoms with Crippen molar-refractivity contribution in [3.8, 4) is 0 Å². The molecule has 2 N–H and O–H groups in total. The van der Waals surface area contributed by atoms with Gasteiger partial charge >= 0.3 is 0 Å². The lowest BCUT2D eigenvalue weighted by atomic mass is 10.0. The molecule has 0 aliphatic carbocycles. The van der Waals surface area contributed by atoms with E-state index in [0.29, 0.717) is 15.1 Å². The zero-order valence-electron chi connectivity index (χ0n) is 11.7. The molecule has 0 saturated carbocycles. The Morgan fingerprint density at radius 2 is 2.05 bits per heavy atom. The van der Waals surface area contributed by atoms with E-state index in [2.05, 4.69) is 5.32 Å². The van der Waals surface area contributed by atoms with Crippen molar-refractivity contribution in [3.05, 3.63) is 21.3 Å². The lowest BCUT2D eigenvalue weighted by Gasteiger charge is -2.18. The summed E-state index contributed by atoms with van der Waals surface area (Å²) in [5.74, 6) is 0.101. The molecule has 0 spiro atoms. The number of carbonyl (C=O) groups excluding carboxylic acids is 2. The third-order valence-electron chi connectivity index (χ3n) is 2.77. The first kappa shape index (κ1) is 17.1. The highest BCUT2D eigenvalue weighted by atomic mass is 35.5. The molecule has 0 bridgehead atoms. The van der Waals surface area contributed by atoms with Gasteiger partial charge in [0.2, 0.25) is 5.91 Å². The lowest BCUT2D eigenvalue weighted by molar-refractivity contribution is -0.122. The summed E-state index contributed by atoms with van der Waals surface area (Å²) in [5, 5.41) is 11.9. The number of nitrogens with one attached hydrogen (secondary N) is 1. The van der Waals surface area contributed by atoms with Crippen LogP contribution in [0.4, 0.5) is 0 Å². The van der Waals surface area contributed by atoms with Crippen molar-refractivity contribution in [2.45, 2.75) is 39.2 Å². The van der Waals surface area contributed by atoms with Crippen LogP contribution >= 0.6 is 22.9 Å². The molecule has 1 amide bonds. The quantitative estimate of drug-likeness (QED) is 0.724. The molecule has 4 nitrogen and oxygen atoms in total. The van der Waals surface area contributed by atoms with Gasteiger partial charge in [0.15, 0.2) is 5.78 Å². The number of ketones is 1. The third-order valence-corrected chi connectivity index (χ3v) is 4.04. The summed E-state index contributed by atoms with van der Waals surface area (Å²) in [5.41, 5.74) is 0. The van der Waals surface area contributed by atoms with Gasteiger partial charge in [0.1, 0.15) is 0 Å². The molecule has 112 valence electrons. The van der Waals surface area contributed by atoms with Gasteiger partial charge in [-0.05, 0) is 24.5 Å². The summed E-state index contributed by atoms with van der Waals surface area (Å²) >= 11 is 6.98. The van der Waals surface area contributed by atoms with Crippen LogP contribution in [0.1, 0.15) is 42.8 Å². The van der Waals surface area contributed by atoms with E-state index in [1.54, 1.807) is 12.1 Å². The smallest absolute Gasteiger partial charge is 0.220 e. The molecule has 0 saturated heterocycles. The fourth-order valence-electron chi connectivity index (χ4n) is 1.86. The monoisotopic (exact) mass is 317 g/mol. The largest absolute Gasteiger partial charge is 0.394 e. The van der Waals surface area contributed by atoms with Crippen molar-refractivity contribution in [2.75, 3.05) is 6.61 Å². The molecule has 0 aliphatic rings. The first-order valence-electron chi connectivity index (χ1n) is 6.61. The van der Waals surface area contributed by atoms with E-state index in [4.69, 9.17) is 11.6 Å². The zero-order valence-corrected chi connectivity index (χ0v) is 13.3. The Morgan fingerprint density at radius 1 is 1.35 bits per heavy atom. The molecule has 1 aromatic rings. The average Bonchev–Trinajstić information content (AvgIpc) is 2.81. The summed E-state index contributed by atoms with van der Waals surface area (Å²) in [4.78, 5) is 24.1. The lowest BCUT2D eigenvalue weighted by Crippen LogP contribution is -2.38. The summed E-state index contributed by atoms with van der Waals surface area (Å²) in [6.07, 6.45) is 1.00. The fourth-order valence-corrected chi connectivity index (χ4v) is 2.87. The Kier molecular flexibility index (Phi) is 7.19. The van der Waals surface area contributed by atoms with Gasteiger partial charge in [0.05, 0.1) is 21.9 Å². The Labute approximate surface area is 128 Å². The predicted molar refractivity (Wildman–Crippen MR) is 81.4 cm³/mol. The second kappa shape index (κ2) is 8.39. The number of amides is 1.